The third-order valence-electron chi connectivity index (χ3n) is 4.46. The predicted octanol–water partition coefficient (Wildman–Crippen LogP) is 3.09. The summed E-state index contributed by atoms with van der Waals surface area (Å²) in [5.41, 5.74) is 0.777. The van der Waals surface area contributed by atoms with E-state index in [1.807, 2.05) is 0 Å². The maximum Gasteiger partial charge on any atom is 0.338 e. The largest absolute Gasteiger partial charge is 0.459 e. The third kappa shape index (κ3) is 5.40. The van der Waals surface area contributed by atoms with E-state index in [0.717, 1.165) is 0 Å². The molecule has 0 amide bonds. The van der Waals surface area contributed by atoms with Crippen LogP contribution in [0.2, 0.25) is 0 Å². The molecular weight excluding hydrogens is 408 g/mol. The normalized spacial score (nSPS) is 22.9. The average Bonchev–Trinajstić information content (AvgIpc) is 3.08. The van der Waals surface area contributed by atoms with Crippen LogP contribution in [0.15, 0.2) is 60.7 Å². The summed E-state index contributed by atoms with van der Waals surface area (Å²) in [5.74, 6) is -1.58. The molecule has 0 N–H and O–H groups in total. The number of ether oxygens (including phenoxy) is 4. The number of benzene rings is 2. The Hall–Kier alpha value is -2.84. The van der Waals surface area contributed by atoms with Crippen LogP contribution < -0.4 is 0 Å². The summed E-state index contributed by atoms with van der Waals surface area (Å²) < 4.78 is 22.1. The van der Waals surface area contributed by atoms with Crippen molar-refractivity contribution >= 4 is 29.7 Å². The first-order chi connectivity index (χ1) is 14.5. The zero-order chi connectivity index (χ0) is 21.5. The topological polar surface area (TPSA) is 88.1 Å². The Bertz CT molecular complexity index is 872. The van der Waals surface area contributed by atoms with Crippen LogP contribution in [0, 0.1) is 0 Å². The molecule has 8 heteroatoms. The highest BCUT2D eigenvalue weighted by atomic mass is 32.2. The van der Waals surface area contributed by atoms with Crippen molar-refractivity contribution in [3.05, 3.63) is 71.8 Å². The van der Waals surface area contributed by atoms with Gasteiger partial charge >= 0.3 is 17.9 Å². The molecule has 2 aromatic rings. The van der Waals surface area contributed by atoms with Crippen molar-refractivity contribution in [2.45, 2.75) is 30.7 Å². The van der Waals surface area contributed by atoms with Crippen LogP contribution in [0.3, 0.4) is 0 Å². The lowest BCUT2D eigenvalue weighted by molar-refractivity contribution is -0.174. The molecule has 1 saturated heterocycles. The Balaban J connectivity index is 1.74. The number of esters is 3. The summed E-state index contributed by atoms with van der Waals surface area (Å²) in [5, 5.41) is -0.470. The van der Waals surface area contributed by atoms with E-state index in [0.29, 0.717) is 11.1 Å². The molecule has 3 rings (SSSR count). The second kappa shape index (κ2) is 10.3. The lowest BCUT2D eigenvalue weighted by atomic mass is 10.1. The van der Waals surface area contributed by atoms with Crippen LogP contribution in [0.25, 0.3) is 0 Å². The maximum atomic E-state index is 12.6. The highest BCUT2D eigenvalue weighted by Gasteiger charge is 2.49. The number of thioether (sulfide) groups is 1. The lowest BCUT2D eigenvalue weighted by Crippen LogP contribution is -2.38. The molecule has 2 aromatic carbocycles. The fraction of sp³-hybridized carbons (Fsp3) is 0.318. The van der Waals surface area contributed by atoms with Crippen molar-refractivity contribution in [1.82, 2.24) is 0 Å². The first-order valence-electron chi connectivity index (χ1n) is 9.33. The summed E-state index contributed by atoms with van der Waals surface area (Å²) in [7, 11) is 0. The molecular formula is C22H22O7S. The van der Waals surface area contributed by atoms with Crippen LogP contribution in [-0.2, 0) is 23.7 Å². The molecule has 7 nitrogen and oxygen atoms in total. The van der Waals surface area contributed by atoms with Crippen LogP contribution >= 0.6 is 11.8 Å². The van der Waals surface area contributed by atoms with E-state index in [1.165, 1.54) is 18.7 Å². The van der Waals surface area contributed by atoms with Crippen molar-refractivity contribution < 1.29 is 33.3 Å². The van der Waals surface area contributed by atoms with Gasteiger partial charge in [0.05, 0.1) is 11.1 Å². The zero-order valence-corrected chi connectivity index (χ0v) is 17.4. The fourth-order valence-corrected chi connectivity index (χ4v) is 3.90. The number of carbonyl (C=O) groups excluding carboxylic acids is 3. The number of hydrogen-bond acceptors (Lipinski definition) is 8. The molecule has 0 unspecified atom stereocenters. The van der Waals surface area contributed by atoms with Crippen LogP contribution in [-0.4, -0.2) is 54.5 Å². The van der Waals surface area contributed by atoms with E-state index in [-0.39, 0.29) is 6.61 Å². The van der Waals surface area contributed by atoms with E-state index in [2.05, 4.69) is 0 Å². The Kier molecular flexibility index (Phi) is 7.48. The van der Waals surface area contributed by atoms with Crippen molar-refractivity contribution in [2.24, 2.45) is 0 Å². The van der Waals surface area contributed by atoms with Gasteiger partial charge in [-0.1, -0.05) is 36.4 Å². The predicted molar refractivity (Wildman–Crippen MR) is 110 cm³/mol. The van der Waals surface area contributed by atoms with Crippen molar-refractivity contribution in [1.29, 1.82) is 0 Å². The van der Waals surface area contributed by atoms with E-state index in [9.17, 15) is 14.4 Å². The van der Waals surface area contributed by atoms with E-state index in [1.54, 1.807) is 66.9 Å². The molecule has 0 aromatic heterocycles. The third-order valence-corrected chi connectivity index (χ3v) is 5.50. The monoisotopic (exact) mass is 430 g/mol. The van der Waals surface area contributed by atoms with Crippen LogP contribution in [0.1, 0.15) is 27.6 Å². The zero-order valence-electron chi connectivity index (χ0n) is 16.6. The van der Waals surface area contributed by atoms with Crippen LogP contribution in [0.5, 0.6) is 0 Å². The Morgan fingerprint density at radius 1 is 0.900 bits per heavy atom. The van der Waals surface area contributed by atoms with Gasteiger partial charge in [0.15, 0.2) is 0 Å². The first kappa shape index (κ1) is 21.9. The molecule has 1 aliphatic heterocycles. The molecule has 0 radical (unpaired) electrons. The molecule has 1 fully saturated rings. The standard InChI is InChI=1S/C22H22O7S/c1-14(23)27-22-19(30-2)18(29-21(25)16-11-7-4-8-12-16)17(28-22)13-26-20(24)15-9-5-3-6-10-15/h3-12,17-19,22H,13H2,1-2H3/t17-,18+,19+,22+/m0/s1. The van der Waals surface area contributed by atoms with Gasteiger partial charge in [-0.2, -0.15) is 11.8 Å². The van der Waals surface area contributed by atoms with Gasteiger partial charge in [0, 0.05) is 6.92 Å². The van der Waals surface area contributed by atoms with Gasteiger partial charge in [-0.05, 0) is 30.5 Å². The van der Waals surface area contributed by atoms with Crippen molar-refractivity contribution in [2.75, 3.05) is 12.9 Å². The Morgan fingerprint density at radius 2 is 1.47 bits per heavy atom. The SMILES string of the molecule is CS[C@H]1[C@H](OC(C)=O)O[C@@H](COC(=O)c2ccccc2)[C@H]1OC(=O)c1ccccc1. The lowest BCUT2D eigenvalue weighted by Gasteiger charge is -2.22. The summed E-state index contributed by atoms with van der Waals surface area (Å²) in [6.07, 6.45) is -0.689. The van der Waals surface area contributed by atoms with Gasteiger partial charge in [-0.3, -0.25) is 4.79 Å². The highest BCUT2D eigenvalue weighted by molar-refractivity contribution is 7.99. The molecule has 0 saturated carbocycles. The number of rotatable bonds is 7. The molecule has 0 bridgehead atoms. The van der Waals surface area contributed by atoms with Gasteiger partial charge in [0.2, 0.25) is 6.29 Å². The number of carbonyl (C=O) groups is 3. The van der Waals surface area contributed by atoms with Gasteiger partial charge in [0.25, 0.3) is 0 Å². The number of hydrogen-bond donors (Lipinski definition) is 0. The Morgan fingerprint density at radius 3 is 2.00 bits per heavy atom. The van der Waals surface area contributed by atoms with E-state index >= 15 is 0 Å². The molecule has 1 heterocycles. The molecule has 158 valence electrons. The van der Waals surface area contributed by atoms with Gasteiger partial charge in [0.1, 0.15) is 24.1 Å². The highest BCUT2D eigenvalue weighted by Crippen LogP contribution is 2.33. The molecule has 1 aliphatic rings. The van der Waals surface area contributed by atoms with Crippen molar-refractivity contribution in [3.8, 4) is 0 Å². The maximum absolute atomic E-state index is 12.6. The quantitative estimate of drug-likeness (QED) is 0.489. The first-order valence-corrected chi connectivity index (χ1v) is 10.6. The molecule has 0 aliphatic carbocycles. The smallest absolute Gasteiger partial charge is 0.338 e. The van der Waals surface area contributed by atoms with Gasteiger partial charge < -0.3 is 18.9 Å². The van der Waals surface area contributed by atoms with Crippen LogP contribution in [0.4, 0.5) is 0 Å². The average molecular weight is 430 g/mol. The molecule has 0 spiro atoms. The van der Waals surface area contributed by atoms with E-state index < -0.39 is 41.7 Å². The minimum absolute atomic E-state index is 0.157. The minimum atomic E-state index is -0.925. The van der Waals surface area contributed by atoms with Gasteiger partial charge in [-0.15, -0.1) is 0 Å². The molecule has 30 heavy (non-hydrogen) atoms. The fourth-order valence-electron chi connectivity index (χ4n) is 3.06. The summed E-state index contributed by atoms with van der Waals surface area (Å²) >= 11 is 1.34. The summed E-state index contributed by atoms with van der Waals surface area (Å²) in [4.78, 5) is 36.3. The summed E-state index contributed by atoms with van der Waals surface area (Å²) in [6, 6.07) is 17.1. The minimum Gasteiger partial charge on any atom is -0.459 e. The van der Waals surface area contributed by atoms with Gasteiger partial charge in [-0.25, -0.2) is 9.59 Å². The summed E-state index contributed by atoms with van der Waals surface area (Å²) in [6.45, 7) is 1.11. The molecule has 4 atom stereocenters. The second-order valence-electron chi connectivity index (χ2n) is 6.55. The van der Waals surface area contributed by atoms with E-state index in [4.69, 9.17) is 18.9 Å². The second-order valence-corrected chi connectivity index (χ2v) is 7.57. The Labute approximate surface area is 178 Å². The van der Waals surface area contributed by atoms with Crippen molar-refractivity contribution in [3.63, 3.8) is 0 Å².